The van der Waals surface area contributed by atoms with Crippen molar-refractivity contribution in [3.8, 4) is 11.5 Å². The summed E-state index contributed by atoms with van der Waals surface area (Å²) in [5.41, 5.74) is 0.395. The molecule has 0 aliphatic heterocycles. The van der Waals surface area contributed by atoms with E-state index in [-0.39, 0.29) is 28.2 Å². The maximum atomic E-state index is 11.8. The molecule has 0 unspecified atom stereocenters. The molecular formula is C16H16O6. The molecule has 0 heterocycles. The Bertz CT molecular complexity index is 657. The first-order valence-corrected chi connectivity index (χ1v) is 6.24. The van der Waals surface area contributed by atoms with Gasteiger partial charge in [-0.05, 0) is 32.0 Å². The average molecular weight is 304 g/mol. The SMILES string of the molecule is C=C(C)C(=O)OC(=O)c1ccc(OC(=O)C(=C)C)c(OC)c1. The monoisotopic (exact) mass is 304 g/mol. The molecule has 0 radical (unpaired) electrons. The Morgan fingerprint density at radius 1 is 0.955 bits per heavy atom. The van der Waals surface area contributed by atoms with Crippen LogP contribution in [-0.4, -0.2) is 25.0 Å². The molecule has 22 heavy (non-hydrogen) atoms. The van der Waals surface area contributed by atoms with Crippen molar-refractivity contribution in [3.05, 3.63) is 48.1 Å². The van der Waals surface area contributed by atoms with E-state index in [4.69, 9.17) is 9.47 Å². The number of hydrogen-bond acceptors (Lipinski definition) is 6. The summed E-state index contributed by atoms with van der Waals surface area (Å²) < 4.78 is 14.7. The minimum Gasteiger partial charge on any atom is -0.493 e. The third kappa shape index (κ3) is 4.31. The first-order chi connectivity index (χ1) is 10.3. The van der Waals surface area contributed by atoms with Gasteiger partial charge in [-0.25, -0.2) is 14.4 Å². The summed E-state index contributed by atoms with van der Waals surface area (Å²) in [6.45, 7) is 9.78. The summed E-state index contributed by atoms with van der Waals surface area (Å²) >= 11 is 0. The number of methoxy groups -OCH3 is 1. The zero-order valence-corrected chi connectivity index (χ0v) is 12.6. The van der Waals surface area contributed by atoms with Crippen molar-refractivity contribution < 1.29 is 28.6 Å². The highest BCUT2D eigenvalue weighted by Gasteiger charge is 2.17. The molecule has 6 nitrogen and oxygen atoms in total. The predicted octanol–water partition coefficient (Wildman–Crippen LogP) is 2.44. The Morgan fingerprint density at radius 2 is 1.55 bits per heavy atom. The van der Waals surface area contributed by atoms with Crippen LogP contribution in [0.1, 0.15) is 24.2 Å². The maximum Gasteiger partial charge on any atom is 0.346 e. The fourth-order valence-electron chi connectivity index (χ4n) is 1.30. The third-order valence-corrected chi connectivity index (χ3v) is 2.48. The fraction of sp³-hybridized carbons (Fsp3) is 0.188. The molecule has 0 N–H and O–H groups in total. The van der Waals surface area contributed by atoms with Gasteiger partial charge in [0.2, 0.25) is 0 Å². The summed E-state index contributed by atoms with van der Waals surface area (Å²) in [7, 11) is 1.35. The number of carbonyl (C=O) groups excluding carboxylic acids is 3. The van der Waals surface area contributed by atoms with Crippen molar-refractivity contribution in [3.63, 3.8) is 0 Å². The smallest absolute Gasteiger partial charge is 0.346 e. The Kier molecular flexibility index (Phi) is 5.63. The van der Waals surface area contributed by atoms with E-state index in [0.29, 0.717) is 0 Å². The second-order valence-electron chi connectivity index (χ2n) is 4.49. The Morgan fingerprint density at radius 3 is 2.05 bits per heavy atom. The number of ether oxygens (including phenoxy) is 3. The molecule has 0 spiro atoms. The van der Waals surface area contributed by atoms with E-state index < -0.39 is 17.9 Å². The Labute approximate surface area is 128 Å². The van der Waals surface area contributed by atoms with Crippen molar-refractivity contribution in [2.24, 2.45) is 0 Å². The summed E-state index contributed by atoms with van der Waals surface area (Å²) in [4.78, 5) is 34.6. The van der Waals surface area contributed by atoms with Crippen LogP contribution < -0.4 is 9.47 Å². The van der Waals surface area contributed by atoms with Gasteiger partial charge in [-0.3, -0.25) is 0 Å². The lowest BCUT2D eigenvalue weighted by molar-refractivity contribution is -0.133. The predicted molar refractivity (Wildman–Crippen MR) is 78.7 cm³/mol. The number of rotatable bonds is 5. The van der Waals surface area contributed by atoms with Gasteiger partial charge >= 0.3 is 17.9 Å². The lowest BCUT2D eigenvalue weighted by Crippen LogP contribution is -2.13. The van der Waals surface area contributed by atoms with Crippen LogP contribution in [0.4, 0.5) is 0 Å². The van der Waals surface area contributed by atoms with Gasteiger partial charge in [-0.15, -0.1) is 0 Å². The number of benzene rings is 1. The van der Waals surface area contributed by atoms with E-state index in [2.05, 4.69) is 17.9 Å². The number of hydrogen-bond donors (Lipinski definition) is 0. The molecule has 0 aliphatic carbocycles. The Hall–Kier alpha value is -2.89. The van der Waals surface area contributed by atoms with Gasteiger partial charge < -0.3 is 14.2 Å². The first-order valence-electron chi connectivity index (χ1n) is 6.24. The van der Waals surface area contributed by atoms with E-state index in [1.165, 1.54) is 39.2 Å². The van der Waals surface area contributed by atoms with Crippen LogP contribution in [-0.2, 0) is 14.3 Å². The third-order valence-electron chi connectivity index (χ3n) is 2.48. The van der Waals surface area contributed by atoms with Gasteiger partial charge in [-0.2, -0.15) is 0 Å². The lowest BCUT2D eigenvalue weighted by Gasteiger charge is -2.10. The zero-order chi connectivity index (χ0) is 16.9. The van der Waals surface area contributed by atoms with Crippen LogP contribution in [0.25, 0.3) is 0 Å². The summed E-state index contributed by atoms with van der Waals surface area (Å²) in [5, 5.41) is 0. The maximum absolute atomic E-state index is 11.8. The van der Waals surface area contributed by atoms with Gasteiger partial charge in [0.25, 0.3) is 0 Å². The largest absolute Gasteiger partial charge is 0.493 e. The topological polar surface area (TPSA) is 78.9 Å². The van der Waals surface area contributed by atoms with E-state index in [0.717, 1.165) is 0 Å². The molecule has 6 heteroatoms. The normalized spacial score (nSPS) is 9.59. The molecule has 0 saturated carbocycles. The van der Waals surface area contributed by atoms with Gasteiger partial charge in [0.15, 0.2) is 11.5 Å². The average Bonchev–Trinajstić information content (AvgIpc) is 2.46. The molecule has 1 aromatic carbocycles. The molecule has 1 aromatic rings. The minimum absolute atomic E-state index is 0.0709. The highest BCUT2D eigenvalue weighted by atomic mass is 16.6. The van der Waals surface area contributed by atoms with Crippen LogP contribution in [0.3, 0.4) is 0 Å². The lowest BCUT2D eigenvalue weighted by atomic mass is 10.2. The van der Waals surface area contributed by atoms with E-state index in [9.17, 15) is 14.4 Å². The van der Waals surface area contributed by atoms with Crippen molar-refractivity contribution in [2.45, 2.75) is 13.8 Å². The van der Waals surface area contributed by atoms with Crippen molar-refractivity contribution in [2.75, 3.05) is 7.11 Å². The van der Waals surface area contributed by atoms with Crippen LogP contribution >= 0.6 is 0 Å². The molecular weight excluding hydrogens is 288 g/mol. The van der Waals surface area contributed by atoms with Crippen LogP contribution in [0.5, 0.6) is 11.5 Å². The van der Waals surface area contributed by atoms with Gasteiger partial charge in [0.1, 0.15) is 0 Å². The standard InChI is InChI=1S/C16H16O6/c1-9(2)14(17)21-12-7-6-11(8-13(12)20-5)16(19)22-15(18)10(3)4/h6-8H,1,3H2,2,4-5H3. The molecule has 0 fully saturated rings. The quantitative estimate of drug-likeness (QED) is 0.360. The summed E-state index contributed by atoms with van der Waals surface area (Å²) in [5.74, 6) is -2.03. The van der Waals surface area contributed by atoms with Gasteiger partial charge in [0.05, 0.1) is 12.7 Å². The van der Waals surface area contributed by atoms with Crippen molar-refractivity contribution in [1.29, 1.82) is 0 Å². The van der Waals surface area contributed by atoms with Crippen molar-refractivity contribution >= 4 is 17.9 Å². The molecule has 0 aliphatic rings. The highest BCUT2D eigenvalue weighted by molar-refractivity contribution is 6.02. The highest BCUT2D eigenvalue weighted by Crippen LogP contribution is 2.29. The van der Waals surface area contributed by atoms with Crippen LogP contribution in [0.15, 0.2) is 42.5 Å². The number of esters is 3. The van der Waals surface area contributed by atoms with Gasteiger partial charge in [0, 0.05) is 11.1 Å². The van der Waals surface area contributed by atoms with Gasteiger partial charge in [-0.1, -0.05) is 13.2 Å². The molecule has 0 bridgehead atoms. The second-order valence-corrected chi connectivity index (χ2v) is 4.49. The Balaban J connectivity index is 2.99. The second kappa shape index (κ2) is 7.21. The minimum atomic E-state index is -0.857. The van der Waals surface area contributed by atoms with Crippen LogP contribution in [0.2, 0.25) is 0 Å². The molecule has 0 atom stereocenters. The summed E-state index contributed by atoms with van der Waals surface area (Å²) in [6, 6.07) is 4.01. The van der Waals surface area contributed by atoms with Crippen molar-refractivity contribution in [1.82, 2.24) is 0 Å². The van der Waals surface area contributed by atoms with E-state index in [1.54, 1.807) is 0 Å². The fourth-order valence-corrected chi connectivity index (χ4v) is 1.30. The summed E-state index contributed by atoms with van der Waals surface area (Å²) in [6.07, 6.45) is 0. The van der Waals surface area contributed by atoms with Crippen LogP contribution in [0, 0.1) is 0 Å². The molecule has 0 aromatic heterocycles. The van der Waals surface area contributed by atoms with E-state index >= 15 is 0 Å². The molecule has 0 amide bonds. The first kappa shape index (κ1) is 17.2. The zero-order valence-electron chi connectivity index (χ0n) is 12.6. The molecule has 0 saturated heterocycles. The molecule has 116 valence electrons. The van der Waals surface area contributed by atoms with E-state index in [1.807, 2.05) is 0 Å². The molecule has 1 rings (SSSR count). The number of carbonyl (C=O) groups is 3.